The molecule has 0 aromatic heterocycles. The van der Waals surface area contributed by atoms with E-state index in [2.05, 4.69) is 0 Å². The monoisotopic (exact) mass is 268 g/mol. The van der Waals surface area contributed by atoms with Gasteiger partial charge >= 0.3 is 0 Å². The van der Waals surface area contributed by atoms with Crippen molar-refractivity contribution < 1.29 is 37.6 Å². The third-order valence-corrected chi connectivity index (χ3v) is 2.19. The second-order valence-corrected chi connectivity index (χ2v) is 3.71. The van der Waals surface area contributed by atoms with Crippen LogP contribution in [0.4, 0.5) is 0 Å². The number of hydrogen-bond acceptors (Lipinski definition) is 3. The van der Waals surface area contributed by atoms with Gasteiger partial charge in [0.25, 0.3) is 10.1 Å². The molecular weight excluding hydrogens is 258 g/mol. The first-order valence-corrected chi connectivity index (χ1v) is 4.93. The minimum Gasteiger partial charge on any atom is -0.400 e. The van der Waals surface area contributed by atoms with E-state index in [9.17, 15) is 8.42 Å². The number of aliphatic hydroxyl groups is 1. The molecule has 4 nitrogen and oxygen atoms in total. The van der Waals surface area contributed by atoms with E-state index in [0.29, 0.717) is 0 Å². The Morgan fingerprint density at radius 3 is 1.71 bits per heavy atom. The van der Waals surface area contributed by atoms with Crippen molar-refractivity contribution in [3.63, 3.8) is 0 Å². The van der Waals surface area contributed by atoms with E-state index in [1.54, 1.807) is 12.1 Å². The molecule has 14 heavy (non-hydrogen) atoms. The number of hydrogen-bond donors (Lipinski definition) is 2. The van der Waals surface area contributed by atoms with Gasteiger partial charge in [0.05, 0.1) is 4.90 Å². The van der Waals surface area contributed by atoms with Crippen LogP contribution in [-0.2, 0) is 29.6 Å². The molecule has 1 aromatic carbocycles. The van der Waals surface area contributed by atoms with Crippen molar-refractivity contribution in [2.24, 2.45) is 0 Å². The first kappa shape index (κ1) is 16.2. The molecule has 0 aliphatic rings. The molecule has 0 spiro atoms. The third-order valence-electron chi connectivity index (χ3n) is 1.32. The van der Waals surface area contributed by atoms with E-state index in [-0.39, 0.29) is 24.4 Å². The van der Waals surface area contributed by atoms with Crippen LogP contribution in [0.5, 0.6) is 0 Å². The second kappa shape index (κ2) is 7.06. The summed E-state index contributed by atoms with van der Waals surface area (Å²) in [6, 6.07) is 5.99. The fourth-order valence-electron chi connectivity index (χ4n) is 0.710. The van der Waals surface area contributed by atoms with Crippen LogP contribution in [0.15, 0.2) is 29.2 Å². The topological polar surface area (TPSA) is 74.6 Å². The maximum Gasteiger partial charge on any atom is 0.294 e. The number of rotatable bonds is 1. The minimum absolute atomic E-state index is 0. The SMILES string of the molecule is CO.Cc1ccc(S(=O)(=O)O)cc1.[Zn]. The van der Waals surface area contributed by atoms with Crippen molar-refractivity contribution in [2.75, 3.05) is 7.11 Å². The maximum atomic E-state index is 10.5. The molecule has 0 aliphatic carbocycles. The molecule has 0 saturated heterocycles. The van der Waals surface area contributed by atoms with Crippen LogP contribution in [0.25, 0.3) is 0 Å². The largest absolute Gasteiger partial charge is 0.400 e. The van der Waals surface area contributed by atoms with Gasteiger partial charge in [-0.05, 0) is 19.1 Å². The minimum atomic E-state index is -4.02. The molecule has 0 bridgehead atoms. The van der Waals surface area contributed by atoms with Crippen molar-refractivity contribution in [1.82, 2.24) is 0 Å². The molecule has 1 aromatic rings. The summed E-state index contributed by atoms with van der Waals surface area (Å²) in [4.78, 5) is -0.0666. The van der Waals surface area contributed by atoms with E-state index in [0.717, 1.165) is 12.7 Å². The van der Waals surface area contributed by atoms with Gasteiger partial charge in [0, 0.05) is 26.6 Å². The predicted molar refractivity (Wildman–Crippen MR) is 49.1 cm³/mol. The summed E-state index contributed by atoms with van der Waals surface area (Å²) in [6.45, 7) is 1.84. The predicted octanol–water partition coefficient (Wildman–Crippen LogP) is 0.848. The molecule has 2 N–H and O–H groups in total. The van der Waals surface area contributed by atoms with Gasteiger partial charge in [0.1, 0.15) is 0 Å². The van der Waals surface area contributed by atoms with Crippen LogP contribution in [0.1, 0.15) is 5.56 Å². The quantitative estimate of drug-likeness (QED) is 0.585. The van der Waals surface area contributed by atoms with Gasteiger partial charge in [-0.2, -0.15) is 8.42 Å². The summed E-state index contributed by atoms with van der Waals surface area (Å²) in [6.07, 6.45) is 0. The number of aliphatic hydroxyl groups excluding tert-OH is 1. The van der Waals surface area contributed by atoms with Crippen LogP contribution in [-0.4, -0.2) is 25.2 Å². The van der Waals surface area contributed by atoms with Crippen LogP contribution in [0.3, 0.4) is 0 Å². The van der Waals surface area contributed by atoms with Crippen molar-refractivity contribution in [3.8, 4) is 0 Å². The molecule has 0 saturated carbocycles. The van der Waals surface area contributed by atoms with Gasteiger partial charge in [-0.15, -0.1) is 0 Å². The Balaban J connectivity index is 0. The Hall–Kier alpha value is -0.287. The summed E-state index contributed by atoms with van der Waals surface area (Å²) in [5.41, 5.74) is 0.956. The normalized spacial score (nSPS) is 9.43. The van der Waals surface area contributed by atoms with E-state index in [1.165, 1.54) is 12.1 Å². The van der Waals surface area contributed by atoms with Crippen LogP contribution < -0.4 is 0 Å². The summed E-state index contributed by atoms with van der Waals surface area (Å²) >= 11 is 0. The van der Waals surface area contributed by atoms with Gasteiger partial charge in [0.15, 0.2) is 0 Å². The molecule has 0 fully saturated rings. The molecular formula is C8H12O4SZn. The summed E-state index contributed by atoms with van der Waals surface area (Å²) in [7, 11) is -3.02. The smallest absolute Gasteiger partial charge is 0.294 e. The molecule has 0 unspecified atom stereocenters. The molecule has 0 heterocycles. The Bertz CT molecular complexity index is 344. The van der Waals surface area contributed by atoms with Crippen molar-refractivity contribution in [3.05, 3.63) is 29.8 Å². The summed E-state index contributed by atoms with van der Waals surface area (Å²) in [5, 5.41) is 7.00. The molecule has 1 rings (SSSR count). The van der Waals surface area contributed by atoms with Gasteiger partial charge < -0.3 is 5.11 Å². The molecule has 0 atom stereocenters. The zero-order valence-corrected chi connectivity index (χ0v) is 11.9. The van der Waals surface area contributed by atoms with Crippen molar-refractivity contribution in [1.29, 1.82) is 0 Å². The molecule has 0 aliphatic heterocycles. The zero-order chi connectivity index (χ0) is 10.5. The van der Waals surface area contributed by atoms with Crippen LogP contribution >= 0.6 is 0 Å². The first-order chi connectivity index (χ1) is 6.00. The van der Waals surface area contributed by atoms with Crippen molar-refractivity contribution in [2.45, 2.75) is 11.8 Å². The standard InChI is InChI=1S/C7H8O3S.CH4O.Zn/c1-6-2-4-7(5-3-6)11(8,9)10;1-2;/h2-5H,1H3,(H,8,9,10);2H,1H3;. The second-order valence-electron chi connectivity index (χ2n) is 2.29. The van der Waals surface area contributed by atoms with E-state index >= 15 is 0 Å². The van der Waals surface area contributed by atoms with Gasteiger partial charge in [0.2, 0.25) is 0 Å². The first-order valence-electron chi connectivity index (χ1n) is 3.49. The average Bonchev–Trinajstić information content (AvgIpc) is 2.07. The third kappa shape index (κ3) is 5.44. The van der Waals surface area contributed by atoms with E-state index in [4.69, 9.17) is 9.66 Å². The van der Waals surface area contributed by atoms with Crippen LogP contribution in [0, 0.1) is 6.92 Å². The number of aryl methyl sites for hydroxylation is 1. The Labute approximate surface area is 96.5 Å². The molecule has 0 radical (unpaired) electrons. The zero-order valence-electron chi connectivity index (χ0n) is 8.14. The molecule has 76 valence electrons. The van der Waals surface area contributed by atoms with Gasteiger partial charge in [-0.3, -0.25) is 4.55 Å². The average molecular weight is 270 g/mol. The Kier molecular flexibility index (Phi) is 8.15. The maximum absolute atomic E-state index is 10.5. The Morgan fingerprint density at radius 1 is 1.07 bits per heavy atom. The summed E-state index contributed by atoms with van der Waals surface area (Å²) < 4.78 is 29.6. The van der Waals surface area contributed by atoms with E-state index in [1.807, 2.05) is 6.92 Å². The van der Waals surface area contributed by atoms with Gasteiger partial charge in [-0.1, -0.05) is 17.7 Å². The van der Waals surface area contributed by atoms with Crippen LogP contribution in [0.2, 0.25) is 0 Å². The number of benzene rings is 1. The van der Waals surface area contributed by atoms with Crippen molar-refractivity contribution >= 4 is 10.1 Å². The van der Waals surface area contributed by atoms with E-state index < -0.39 is 10.1 Å². The molecule has 0 amide bonds. The molecule has 6 heteroatoms. The fourth-order valence-corrected chi connectivity index (χ4v) is 1.19. The Morgan fingerprint density at radius 2 is 1.43 bits per heavy atom. The summed E-state index contributed by atoms with van der Waals surface area (Å²) in [5.74, 6) is 0. The van der Waals surface area contributed by atoms with Gasteiger partial charge in [-0.25, -0.2) is 0 Å². The fraction of sp³-hybridized carbons (Fsp3) is 0.250.